The SMILES string of the molecule is COc1cccc(CS(=O)(=O)CCC(=O)O)c1F. The molecule has 1 aromatic rings. The number of carbonyl (C=O) groups is 1. The summed E-state index contributed by atoms with van der Waals surface area (Å²) in [5, 5.41) is 8.42. The second kappa shape index (κ2) is 5.81. The number of sulfone groups is 1. The van der Waals surface area contributed by atoms with Crippen molar-refractivity contribution in [2.24, 2.45) is 0 Å². The molecule has 0 aromatic heterocycles. The molecule has 0 aliphatic heterocycles. The van der Waals surface area contributed by atoms with Crippen LogP contribution in [0.3, 0.4) is 0 Å². The van der Waals surface area contributed by atoms with E-state index in [-0.39, 0.29) is 11.3 Å². The number of rotatable bonds is 6. The van der Waals surface area contributed by atoms with Crippen LogP contribution >= 0.6 is 0 Å². The zero-order valence-corrected chi connectivity index (χ0v) is 10.5. The van der Waals surface area contributed by atoms with Crippen molar-refractivity contribution in [1.29, 1.82) is 0 Å². The molecule has 0 bridgehead atoms. The molecule has 0 heterocycles. The van der Waals surface area contributed by atoms with Gasteiger partial charge in [-0.1, -0.05) is 12.1 Å². The lowest BCUT2D eigenvalue weighted by atomic mass is 10.2. The van der Waals surface area contributed by atoms with Gasteiger partial charge >= 0.3 is 5.97 Å². The van der Waals surface area contributed by atoms with Gasteiger partial charge in [0.05, 0.1) is 25.0 Å². The molecule has 1 aromatic carbocycles. The maximum Gasteiger partial charge on any atom is 0.304 e. The number of hydrogen-bond donors (Lipinski definition) is 1. The number of methoxy groups -OCH3 is 1. The maximum atomic E-state index is 13.7. The Bertz CT molecular complexity index is 538. The highest BCUT2D eigenvalue weighted by atomic mass is 32.2. The summed E-state index contributed by atoms with van der Waals surface area (Å²) in [7, 11) is -2.37. The quantitative estimate of drug-likeness (QED) is 0.845. The number of ether oxygens (including phenoxy) is 1. The summed E-state index contributed by atoms with van der Waals surface area (Å²) in [4.78, 5) is 10.3. The highest BCUT2D eigenvalue weighted by molar-refractivity contribution is 7.90. The minimum atomic E-state index is -3.65. The van der Waals surface area contributed by atoms with Crippen LogP contribution in [0, 0.1) is 5.82 Å². The third-order valence-electron chi connectivity index (χ3n) is 2.27. The Kier molecular flexibility index (Phi) is 4.66. The van der Waals surface area contributed by atoms with E-state index in [1.807, 2.05) is 0 Å². The number of halogens is 1. The van der Waals surface area contributed by atoms with E-state index in [4.69, 9.17) is 9.84 Å². The van der Waals surface area contributed by atoms with Gasteiger partial charge in [-0.25, -0.2) is 12.8 Å². The van der Waals surface area contributed by atoms with E-state index in [9.17, 15) is 17.6 Å². The van der Waals surface area contributed by atoms with Gasteiger partial charge in [0.15, 0.2) is 21.4 Å². The molecular weight excluding hydrogens is 263 g/mol. The van der Waals surface area contributed by atoms with Crippen molar-refractivity contribution in [2.45, 2.75) is 12.2 Å². The number of carboxylic acids is 1. The first kappa shape index (κ1) is 14.4. The molecule has 0 unspecified atom stereocenters. The lowest BCUT2D eigenvalue weighted by molar-refractivity contribution is -0.136. The Morgan fingerprint density at radius 2 is 2.11 bits per heavy atom. The Labute approximate surface area is 104 Å². The standard InChI is InChI=1S/C11H13FO5S/c1-17-9-4-2-3-8(11(9)12)7-18(15,16)6-5-10(13)14/h2-4H,5-7H2,1H3,(H,13,14). The molecule has 0 spiro atoms. The van der Waals surface area contributed by atoms with Gasteiger partial charge in [-0.05, 0) is 6.07 Å². The fourth-order valence-electron chi connectivity index (χ4n) is 1.38. The van der Waals surface area contributed by atoms with Gasteiger partial charge in [-0.3, -0.25) is 4.79 Å². The molecule has 0 fully saturated rings. The van der Waals surface area contributed by atoms with E-state index in [1.165, 1.54) is 25.3 Å². The van der Waals surface area contributed by atoms with Crippen molar-refractivity contribution in [2.75, 3.05) is 12.9 Å². The van der Waals surface area contributed by atoms with Crippen LogP contribution in [0.2, 0.25) is 0 Å². The van der Waals surface area contributed by atoms with E-state index in [0.717, 1.165) is 0 Å². The third-order valence-corrected chi connectivity index (χ3v) is 3.84. The molecule has 0 atom stereocenters. The molecule has 1 N–H and O–H groups in total. The first-order valence-electron chi connectivity index (χ1n) is 5.09. The average Bonchev–Trinajstić information content (AvgIpc) is 2.29. The zero-order valence-electron chi connectivity index (χ0n) is 9.72. The summed E-state index contributed by atoms with van der Waals surface area (Å²) in [6.45, 7) is 0. The summed E-state index contributed by atoms with van der Waals surface area (Å²) in [6.07, 6.45) is -0.492. The smallest absolute Gasteiger partial charge is 0.304 e. The first-order valence-corrected chi connectivity index (χ1v) is 6.91. The molecule has 0 saturated carbocycles. The van der Waals surface area contributed by atoms with Gasteiger partial charge in [0, 0.05) is 5.56 Å². The van der Waals surface area contributed by atoms with Crippen LogP contribution in [0.25, 0.3) is 0 Å². The zero-order chi connectivity index (χ0) is 13.8. The molecule has 0 radical (unpaired) electrons. The van der Waals surface area contributed by atoms with E-state index < -0.39 is 39.6 Å². The molecule has 0 aliphatic rings. The fourth-order valence-corrected chi connectivity index (χ4v) is 2.70. The molecule has 100 valence electrons. The van der Waals surface area contributed by atoms with Gasteiger partial charge in [-0.2, -0.15) is 0 Å². The second-order valence-electron chi connectivity index (χ2n) is 3.67. The topological polar surface area (TPSA) is 80.7 Å². The van der Waals surface area contributed by atoms with E-state index in [2.05, 4.69) is 0 Å². The number of hydrogen-bond acceptors (Lipinski definition) is 4. The van der Waals surface area contributed by atoms with Crippen molar-refractivity contribution in [3.63, 3.8) is 0 Å². The summed E-state index contributed by atoms with van der Waals surface area (Å²) in [6, 6.07) is 4.18. The monoisotopic (exact) mass is 276 g/mol. The maximum absolute atomic E-state index is 13.7. The van der Waals surface area contributed by atoms with Crippen LogP contribution in [0.1, 0.15) is 12.0 Å². The largest absolute Gasteiger partial charge is 0.494 e. The van der Waals surface area contributed by atoms with Crippen LogP contribution in [0.4, 0.5) is 4.39 Å². The lowest BCUT2D eigenvalue weighted by Gasteiger charge is -2.07. The molecule has 1 rings (SSSR count). The van der Waals surface area contributed by atoms with Crippen LogP contribution < -0.4 is 4.74 Å². The van der Waals surface area contributed by atoms with E-state index in [0.29, 0.717) is 0 Å². The van der Waals surface area contributed by atoms with Crippen molar-refractivity contribution in [3.8, 4) is 5.75 Å². The number of aliphatic carboxylic acids is 1. The third kappa shape index (κ3) is 3.99. The predicted octanol–water partition coefficient (Wildman–Crippen LogP) is 1.22. The molecule has 7 heteroatoms. The minimum absolute atomic E-state index is 0.0280. The predicted molar refractivity (Wildman–Crippen MR) is 62.7 cm³/mol. The van der Waals surface area contributed by atoms with Gasteiger partial charge in [-0.15, -0.1) is 0 Å². The molecule has 0 amide bonds. The molecular formula is C11H13FO5S. The highest BCUT2D eigenvalue weighted by Crippen LogP contribution is 2.21. The summed E-state index contributed by atoms with van der Waals surface area (Å²) >= 11 is 0. The van der Waals surface area contributed by atoms with Crippen LogP contribution in [0.5, 0.6) is 5.75 Å². The second-order valence-corrected chi connectivity index (χ2v) is 5.85. The normalized spacial score (nSPS) is 11.2. The van der Waals surface area contributed by atoms with Crippen molar-refractivity contribution >= 4 is 15.8 Å². The van der Waals surface area contributed by atoms with E-state index >= 15 is 0 Å². The van der Waals surface area contributed by atoms with Gasteiger partial charge in [0.1, 0.15) is 0 Å². The highest BCUT2D eigenvalue weighted by Gasteiger charge is 2.18. The summed E-state index contributed by atoms with van der Waals surface area (Å²) in [5.74, 6) is -3.04. The number of benzene rings is 1. The average molecular weight is 276 g/mol. The Hall–Kier alpha value is -1.63. The molecule has 18 heavy (non-hydrogen) atoms. The van der Waals surface area contributed by atoms with Crippen molar-refractivity contribution in [3.05, 3.63) is 29.6 Å². The fraction of sp³-hybridized carbons (Fsp3) is 0.364. The summed E-state index contributed by atoms with van der Waals surface area (Å²) in [5.41, 5.74) is -0.0280. The summed E-state index contributed by atoms with van der Waals surface area (Å²) < 4.78 is 41.6. The van der Waals surface area contributed by atoms with Gasteiger partial charge in [0.2, 0.25) is 0 Å². The Balaban J connectivity index is 2.87. The van der Waals surface area contributed by atoms with Crippen molar-refractivity contribution < 1.29 is 27.4 Å². The van der Waals surface area contributed by atoms with Gasteiger partial charge in [0.25, 0.3) is 0 Å². The first-order chi connectivity index (χ1) is 8.35. The van der Waals surface area contributed by atoms with Crippen LogP contribution in [0.15, 0.2) is 18.2 Å². The van der Waals surface area contributed by atoms with Crippen molar-refractivity contribution in [1.82, 2.24) is 0 Å². The number of carboxylic acid groups (broad SMARTS) is 1. The minimum Gasteiger partial charge on any atom is -0.494 e. The van der Waals surface area contributed by atoms with Crippen LogP contribution in [-0.2, 0) is 20.4 Å². The van der Waals surface area contributed by atoms with E-state index in [1.54, 1.807) is 0 Å². The van der Waals surface area contributed by atoms with Gasteiger partial charge < -0.3 is 9.84 Å². The molecule has 0 aliphatic carbocycles. The lowest BCUT2D eigenvalue weighted by Crippen LogP contribution is -2.13. The molecule has 0 saturated heterocycles. The Morgan fingerprint density at radius 3 is 2.67 bits per heavy atom. The molecule has 5 nitrogen and oxygen atoms in total. The Morgan fingerprint density at radius 1 is 1.44 bits per heavy atom. The van der Waals surface area contributed by atoms with Crippen LogP contribution in [-0.4, -0.2) is 32.4 Å².